The molecule has 0 aromatic heterocycles. The van der Waals surface area contributed by atoms with Gasteiger partial charge in [-0.3, -0.25) is 0 Å². The summed E-state index contributed by atoms with van der Waals surface area (Å²) in [5.41, 5.74) is -51.4. The van der Waals surface area contributed by atoms with Crippen molar-refractivity contribution >= 4 is 0 Å². The Morgan fingerprint density at radius 2 is 0.581 bits per heavy atom. The van der Waals surface area contributed by atoms with E-state index in [-0.39, 0.29) is 0 Å². The maximum Gasteiger partial charge on any atom is 0.403 e. The van der Waals surface area contributed by atoms with Gasteiger partial charge in [-0.2, -0.15) is 105 Å². The number of rotatable bonds is 4. The first-order valence-corrected chi connectivity index (χ1v) is 18.4. The van der Waals surface area contributed by atoms with E-state index >= 15 is 0 Å². The number of fused-ring (bicyclic) bond motifs is 6. The highest BCUT2D eigenvalue weighted by molar-refractivity contribution is 5.52. The molecule has 432 valence electrons. The first-order chi connectivity index (χ1) is 31.7. The minimum atomic E-state index is -6.90. The van der Waals surface area contributed by atoms with Crippen LogP contribution in [-0.2, 0) is 0 Å². The van der Waals surface area contributed by atoms with Crippen molar-refractivity contribution in [1.29, 1.82) is 0 Å². The largest absolute Gasteiger partial charge is 0.403 e. The van der Waals surface area contributed by atoms with Crippen LogP contribution in [0.2, 0.25) is 0 Å². The summed E-state index contributed by atoms with van der Waals surface area (Å²) in [6.45, 7) is -2.75. The second-order valence-corrected chi connectivity index (χ2v) is 17.8. The number of allylic oxidation sites excluding steroid dienone is 6. The summed E-state index contributed by atoms with van der Waals surface area (Å²) in [4.78, 5) is 0. The quantitative estimate of drug-likeness (QED) is 0.246. The number of halogens is 40. The molecule has 9 atom stereocenters. The molecule has 6 bridgehead atoms. The molecular weight excluding hydrogens is 1170 g/mol. The standard InChI is InChI=1S/C12H8F12.2C11H4F14/c1-7(11(19,20)21,12(22,23)24)2-4-3-8(15)5(13)6(14)9(4,16)10(8,17)18;2*1-5(10(20,21)22,11(23,24)25)4-6(14)2(12)3(13)7(15,8(4,16)17)9(6,18)19/h4H,2-3H2,1H3;2*4H,1H3. The highest BCUT2D eigenvalue weighted by Gasteiger charge is 3.04. The van der Waals surface area contributed by atoms with Crippen molar-refractivity contribution in [1.82, 2.24) is 0 Å². The Morgan fingerprint density at radius 3 is 0.770 bits per heavy atom. The van der Waals surface area contributed by atoms with Crippen molar-refractivity contribution in [2.24, 2.45) is 34.0 Å². The maximum atomic E-state index is 14.3. The highest BCUT2D eigenvalue weighted by Crippen LogP contribution is 2.82. The van der Waals surface area contributed by atoms with Gasteiger partial charge in [0.1, 0.15) is 0 Å². The molecule has 0 aromatic rings. The van der Waals surface area contributed by atoms with E-state index in [2.05, 4.69) is 0 Å². The van der Waals surface area contributed by atoms with Crippen LogP contribution in [0.5, 0.6) is 0 Å². The maximum absolute atomic E-state index is 14.3. The molecule has 40 heteroatoms. The zero-order chi connectivity index (χ0) is 59.6. The van der Waals surface area contributed by atoms with Crippen LogP contribution in [0.1, 0.15) is 33.6 Å². The fourth-order valence-corrected chi connectivity index (χ4v) is 9.52. The molecule has 3 fully saturated rings. The highest BCUT2D eigenvalue weighted by atomic mass is 19.4. The molecule has 0 saturated heterocycles. The van der Waals surface area contributed by atoms with Crippen LogP contribution in [0.4, 0.5) is 176 Å². The van der Waals surface area contributed by atoms with E-state index in [4.69, 9.17) is 0 Å². The van der Waals surface area contributed by atoms with E-state index in [1.54, 1.807) is 0 Å². The molecule has 0 nitrogen and oxygen atoms in total. The molecule has 0 aliphatic heterocycles. The lowest BCUT2D eigenvalue weighted by Crippen LogP contribution is -2.64. The Morgan fingerprint density at radius 1 is 0.338 bits per heavy atom. The van der Waals surface area contributed by atoms with E-state index in [1.165, 1.54) is 0 Å². The molecule has 6 aliphatic rings. The van der Waals surface area contributed by atoms with Gasteiger partial charge in [0.25, 0.3) is 11.3 Å². The van der Waals surface area contributed by atoms with Gasteiger partial charge in [-0.1, -0.05) is 0 Å². The summed E-state index contributed by atoms with van der Waals surface area (Å²) in [5, 5.41) is 0. The molecule has 6 aliphatic carbocycles. The molecule has 0 N–H and O–H groups in total. The molecule has 0 aromatic carbocycles. The molecule has 0 amide bonds. The van der Waals surface area contributed by atoms with Gasteiger partial charge in [-0.25, -0.2) is 70.2 Å². The van der Waals surface area contributed by atoms with Crippen molar-refractivity contribution < 1.29 is 176 Å². The van der Waals surface area contributed by atoms with E-state index in [0.29, 0.717) is 0 Å². The second-order valence-electron chi connectivity index (χ2n) is 17.8. The average molecular weight is 1180 g/mol. The number of hydrogen-bond donors (Lipinski definition) is 0. The zero-order valence-corrected chi connectivity index (χ0v) is 34.3. The van der Waals surface area contributed by atoms with Crippen LogP contribution in [0.15, 0.2) is 35.0 Å². The van der Waals surface area contributed by atoms with Gasteiger partial charge in [0.2, 0.25) is 22.7 Å². The van der Waals surface area contributed by atoms with Crippen molar-refractivity contribution in [2.45, 2.75) is 134 Å². The van der Waals surface area contributed by atoms with Gasteiger partial charge in [0.15, 0.2) is 51.2 Å². The van der Waals surface area contributed by atoms with Gasteiger partial charge >= 0.3 is 66.7 Å². The van der Waals surface area contributed by atoms with Gasteiger partial charge in [-0.05, 0) is 27.2 Å². The summed E-state index contributed by atoms with van der Waals surface area (Å²) in [5.74, 6) is -66.5. The average Bonchev–Trinajstić information content (AvgIpc) is 3.57. The molecule has 0 spiro atoms. The molecular formula is C34H16F40. The monoisotopic (exact) mass is 1180 g/mol. The summed E-state index contributed by atoms with van der Waals surface area (Å²) in [7, 11) is 0. The van der Waals surface area contributed by atoms with Crippen LogP contribution >= 0.6 is 0 Å². The third-order valence-corrected chi connectivity index (χ3v) is 14.2. The topological polar surface area (TPSA) is 0 Å². The Hall–Kier alpha value is -3.58. The van der Waals surface area contributed by atoms with Crippen LogP contribution in [0.3, 0.4) is 0 Å². The Balaban J connectivity index is 0.000000240. The number of alkyl halides is 34. The lowest BCUT2D eigenvalue weighted by molar-refractivity contribution is -0.381. The third kappa shape index (κ3) is 6.29. The summed E-state index contributed by atoms with van der Waals surface area (Å²) in [6, 6.07) is 0. The summed E-state index contributed by atoms with van der Waals surface area (Å²) < 4.78 is 533. The van der Waals surface area contributed by atoms with E-state index in [0.717, 1.165) is 0 Å². The number of hydrogen-bond acceptors (Lipinski definition) is 0. The van der Waals surface area contributed by atoms with Crippen LogP contribution < -0.4 is 0 Å². The van der Waals surface area contributed by atoms with Crippen molar-refractivity contribution in [3.8, 4) is 0 Å². The second kappa shape index (κ2) is 15.4. The molecule has 0 heterocycles. The summed E-state index contributed by atoms with van der Waals surface area (Å²) in [6.07, 6.45) is -44.2. The van der Waals surface area contributed by atoms with Gasteiger partial charge in [0.05, 0.1) is 11.8 Å². The van der Waals surface area contributed by atoms with E-state index in [9.17, 15) is 176 Å². The van der Waals surface area contributed by atoms with E-state index in [1.807, 2.05) is 0 Å². The van der Waals surface area contributed by atoms with Crippen molar-refractivity contribution in [3.63, 3.8) is 0 Å². The predicted molar refractivity (Wildman–Crippen MR) is 156 cm³/mol. The molecule has 74 heavy (non-hydrogen) atoms. The predicted octanol–water partition coefficient (Wildman–Crippen LogP) is 16.9. The molecule has 6 rings (SSSR count). The SMILES string of the molecule is CC(C1C(F)(F)C2(F)C(F)=C(F)C1(F)C2(F)F)(C(F)(F)F)C(F)(F)F.CC(C1C(F)(F)C2(F)C(F)=C(F)C1(F)C2(F)F)(C(F)(F)F)C(F)(F)F.CC(CC1CC2(F)C(F)=C(F)C1(F)C2(F)F)(C(F)(F)F)C(F)(F)F. The third-order valence-electron chi connectivity index (χ3n) is 14.2. The molecule has 9 unspecified atom stereocenters. The fourth-order valence-electron chi connectivity index (χ4n) is 9.52. The van der Waals surface area contributed by atoms with E-state index < -0.39 is 203 Å². The van der Waals surface area contributed by atoms with Gasteiger partial charge < -0.3 is 0 Å². The first-order valence-electron chi connectivity index (χ1n) is 18.4. The van der Waals surface area contributed by atoms with Crippen molar-refractivity contribution in [3.05, 3.63) is 35.0 Å². The minimum absolute atomic E-state index is 0.441. The van der Waals surface area contributed by atoms with Crippen LogP contribution in [0, 0.1) is 34.0 Å². The normalized spacial score (nSPS) is 37.4. The van der Waals surface area contributed by atoms with Gasteiger partial charge in [0, 0.05) is 12.3 Å². The Kier molecular flexibility index (Phi) is 13.1. The smallest absolute Gasteiger partial charge is 0.229 e. The lowest BCUT2D eigenvalue weighted by Gasteiger charge is -2.45. The van der Waals surface area contributed by atoms with Crippen LogP contribution in [-0.4, -0.2) is 101 Å². The van der Waals surface area contributed by atoms with Crippen LogP contribution in [0.25, 0.3) is 0 Å². The summed E-state index contributed by atoms with van der Waals surface area (Å²) >= 11 is 0. The molecule has 0 radical (unpaired) electrons. The Labute approximate surface area is 379 Å². The lowest BCUT2D eigenvalue weighted by atomic mass is 9.65. The Bertz CT molecular complexity index is 2230. The first kappa shape index (κ1) is 63.0. The molecule has 3 saturated carbocycles. The zero-order valence-electron chi connectivity index (χ0n) is 34.3. The fraction of sp³-hybridized carbons (Fsp3) is 0.824. The van der Waals surface area contributed by atoms with Crippen molar-refractivity contribution in [2.75, 3.05) is 0 Å². The van der Waals surface area contributed by atoms with Gasteiger partial charge in [-0.15, -0.1) is 0 Å². The minimum Gasteiger partial charge on any atom is -0.229 e.